The molecule has 1 aromatic carbocycles. The van der Waals surface area contributed by atoms with E-state index < -0.39 is 0 Å². The molecule has 1 aliphatic heterocycles. The van der Waals surface area contributed by atoms with Gasteiger partial charge < -0.3 is 5.32 Å². The van der Waals surface area contributed by atoms with Crippen molar-refractivity contribution in [2.24, 2.45) is 0 Å². The predicted molar refractivity (Wildman–Crippen MR) is 123 cm³/mol. The van der Waals surface area contributed by atoms with Crippen LogP contribution >= 0.6 is 23.6 Å². The van der Waals surface area contributed by atoms with Crippen LogP contribution in [-0.2, 0) is 24.3 Å². The SMILES string of the molecule is CC(C)(CNC(=O)CCn1c(-c2cccs2)n[nH]c1=S)N1CCc2ccccc2C1. The summed E-state index contributed by atoms with van der Waals surface area (Å²) in [7, 11) is 0. The maximum absolute atomic E-state index is 12.6. The van der Waals surface area contributed by atoms with E-state index in [-0.39, 0.29) is 11.4 Å². The van der Waals surface area contributed by atoms with Gasteiger partial charge in [0.2, 0.25) is 5.91 Å². The van der Waals surface area contributed by atoms with Crippen molar-refractivity contribution in [1.82, 2.24) is 25.0 Å². The average molecular weight is 442 g/mol. The highest BCUT2D eigenvalue weighted by Gasteiger charge is 2.30. The summed E-state index contributed by atoms with van der Waals surface area (Å²) in [4.78, 5) is 16.1. The fourth-order valence-electron chi connectivity index (χ4n) is 3.86. The van der Waals surface area contributed by atoms with Crippen LogP contribution in [-0.4, -0.2) is 44.2 Å². The van der Waals surface area contributed by atoms with Gasteiger partial charge in [0.15, 0.2) is 10.6 Å². The number of rotatable bonds is 7. The van der Waals surface area contributed by atoms with Crippen molar-refractivity contribution in [1.29, 1.82) is 0 Å². The van der Waals surface area contributed by atoms with Crippen LogP contribution in [0.1, 0.15) is 31.4 Å². The molecule has 0 radical (unpaired) electrons. The second-order valence-corrected chi connectivity index (χ2v) is 9.60. The van der Waals surface area contributed by atoms with Gasteiger partial charge in [-0.25, -0.2) is 0 Å². The van der Waals surface area contributed by atoms with Crippen LogP contribution in [0.4, 0.5) is 0 Å². The Labute approximate surface area is 185 Å². The molecule has 1 amide bonds. The highest BCUT2D eigenvalue weighted by atomic mass is 32.1. The van der Waals surface area contributed by atoms with E-state index in [1.807, 2.05) is 22.1 Å². The standard InChI is InChI=1S/C22H27N5OS2/c1-22(2,26-11-9-16-6-3-4-7-17(16)14-26)15-23-19(28)10-12-27-20(24-25-21(27)29)18-8-5-13-30-18/h3-8,13H,9-12,14-15H2,1-2H3,(H,23,28)(H,25,29). The number of carbonyl (C=O) groups is 1. The molecule has 0 saturated heterocycles. The monoisotopic (exact) mass is 441 g/mol. The molecule has 0 aliphatic carbocycles. The van der Waals surface area contributed by atoms with Gasteiger partial charge in [-0.2, -0.15) is 5.10 Å². The zero-order valence-corrected chi connectivity index (χ0v) is 19.0. The molecule has 3 aromatic rings. The van der Waals surface area contributed by atoms with E-state index in [2.05, 4.69) is 58.5 Å². The first-order valence-corrected chi connectivity index (χ1v) is 11.5. The molecule has 2 N–H and O–H groups in total. The normalized spacial score (nSPS) is 14.5. The van der Waals surface area contributed by atoms with E-state index in [0.717, 1.165) is 30.2 Å². The molecule has 0 saturated carbocycles. The van der Waals surface area contributed by atoms with Gasteiger partial charge in [-0.15, -0.1) is 11.3 Å². The number of amides is 1. The number of fused-ring (bicyclic) bond motifs is 1. The van der Waals surface area contributed by atoms with Crippen molar-refractivity contribution in [2.75, 3.05) is 13.1 Å². The van der Waals surface area contributed by atoms with E-state index in [0.29, 0.717) is 24.3 Å². The fourth-order valence-corrected chi connectivity index (χ4v) is 4.81. The molecule has 158 valence electrons. The molecule has 0 fully saturated rings. The molecule has 1 aliphatic rings. The van der Waals surface area contributed by atoms with Crippen molar-refractivity contribution in [2.45, 2.75) is 45.3 Å². The van der Waals surface area contributed by atoms with Crippen molar-refractivity contribution in [3.63, 3.8) is 0 Å². The molecular weight excluding hydrogens is 414 g/mol. The number of aromatic nitrogens is 3. The lowest BCUT2D eigenvalue weighted by Crippen LogP contribution is -2.53. The Balaban J connectivity index is 1.32. The van der Waals surface area contributed by atoms with E-state index in [1.54, 1.807) is 11.3 Å². The summed E-state index contributed by atoms with van der Waals surface area (Å²) in [6, 6.07) is 12.6. The number of nitrogens with zero attached hydrogens (tertiary/aromatic N) is 3. The number of nitrogens with one attached hydrogen (secondary N) is 2. The van der Waals surface area contributed by atoms with E-state index >= 15 is 0 Å². The molecule has 8 heteroatoms. The Kier molecular flexibility index (Phi) is 6.17. The van der Waals surface area contributed by atoms with Gasteiger partial charge in [0.1, 0.15) is 0 Å². The van der Waals surface area contributed by atoms with Crippen molar-refractivity contribution >= 4 is 29.5 Å². The van der Waals surface area contributed by atoms with Gasteiger partial charge in [0, 0.05) is 38.1 Å². The third kappa shape index (κ3) is 4.55. The summed E-state index contributed by atoms with van der Waals surface area (Å²) < 4.78 is 2.44. The smallest absolute Gasteiger partial charge is 0.221 e. The first kappa shape index (κ1) is 21.0. The minimum Gasteiger partial charge on any atom is -0.354 e. The average Bonchev–Trinajstić information content (AvgIpc) is 3.40. The summed E-state index contributed by atoms with van der Waals surface area (Å²) in [6.45, 7) is 7.45. The van der Waals surface area contributed by atoms with E-state index in [1.165, 1.54) is 11.1 Å². The summed E-state index contributed by atoms with van der Waals surface area (Å²) in [5.74, 6) is 0.816. The number of H-pyrrole nitrogens is 1. The Morgan fingerprint density at radius 1 is 1.27 bits per heavy atom. The van der Waals surface area contributed by atoms with Crippen LogP contribution in [0.5, 0.6) is 0 Å². The van der Waals surface area contributed by atoms with Gasteiger partial charge in [0.25, 0.3) is 0 Å². The van der Waals surface area contributed by atoms with Crippen molar-refractivity contribution < 1.29 is 4.79 Å². The maximum atomic E-state index is 12.6. The van der Waals surface area contributed by atoms with E-state index in [9.17, 15) is 4.79 Å². The third-order valence-corrected chi connectivity index (χ3v) is 6.94. The Hall–Kier alpha value is -2.29. The molecule has 4 rings (SSSR count). The Morgan fingerprint density at radius 2 is 2.07 bits per heavy atom. The Morgan fingerprint density at radius 3 is 2.83 bits per heavy atom. The van der Waals surface area contributed by atoms with Crippen molar-refractivity contribution in [3.8, 4) is 10.7 Å². The topological polar surface area (TPSA) is 66.0 Å². The Bertz CT molecular complexity index is 1070. The second kappa shape index (κ2) is 8.83. The van der Waals surface area contributed by atoms with Gasteiger partial charge in [-0.05, 0) is 55.1 Å². The van der Waals surface area contributed by atoms with Crippen LogP contribution in [0.15, 0.2) is 41.8 Å². The zero-order valence-electron chi connectivity index (χ0n) is 17.4. The minimum atomic E-state index is -0.114. The number of carbonyl (C=O) groups excluding carboxylic acids is 1. The molecule has 3 heterocycles. The predicted octanol–water partition coefficient (Wildman–Crippen LogP) is 4.01. The van der Waals surface area contributed by atoms with E-state index in [4.69, 9.17) is 12.2 Å². The molecular formula is C22H27N5OS2. The van der Waals surface area contributed by atoms with Crippen LogP contribution in [0.25, 0.3) is 10.7 Å². The van der Waals surface area contributed by atoms with Crippen LogP contribution in [0, 0.1) is 4.77 Å². The molecule has 0 bridgehead atoms. The molecule has 6 nitrogen and oxygen atoms in total. The molecule has 30 heavy (non-hydrogen) atoms. The van der Waals surface area contributed by atoms with Crippen LogP contribution < -0.4 is 5.32 Å². The highest BCUT2D eigenvalue weighted by Crippen LogP contribution is 2.25. The molecule has 0 spiro atoms. The van der Waals surface area contributed by atoms with Gasteiger partial charge >= 0.3 is 0 Å². The maximum Gasteiger partial charge on any atom is 0.221 e. The first-order chi connectivity index (χ1) is 14.4. The molecule has 2 aromatic heterocycles. The summed E-state index contributed by atoms with van der Waals surface area (Å²) in [5.41, 5.74) is 2.71. The second-order valence-electron chi connectivity index (χ2n) is 8.26. The fraction of sp³-hybridized carbons (Fsp3) is 0.409. The lowest BCUT2D eigenvalue weighted by atomic mass is 9.94. The number of hydrogen-bond donors (Lipinski definition) is 2. The lowest BCUT2D eigenvalue weighted by Gasteiger charge is -2.41. The summed E-state index contributed by atoms with van der Waals surface area (Å²) >= 11 is 6.96. The first-order valence-electron chi connectivity index (χ1n) is 10.2. The van der Waals surface area contributed by atoms with Crippen LogP contribution in [0.3, 0.4) is 0 Å². The van der Waals surface area contributed by atoms with Crippen LogP contribution in [0.2, 0.25) is 0 Å². The highest BCUT2D eigenvalue weighted by molar-refractivity contribution is 7.71. The quantitative estimate of drug-likeness (QED) is 0.544. The summed E-state index contributed by atoms with van der Waals surface area (Å²) in [5, 5.41) is 12.3. The zero-order chi connectivity index (χ0) is 21.1. The van der Waals surface area contributed by atoms with Crippen molar-refractivity contribution in [3.05, 3.63) is 57.7 Å². The largest absolute Gasteiger partial charge is 0.354 e. The number of benzene rings is 1. The van der Waals surface area contributed by atoms with Gasteiger partial charge in [0.05, 0.1) is 4.88 Å². The number of hydrogen-bond acceptors (Lipinski definition) is 5. The summed E-state index contributed by atoms with van der Waals surface area (Å²) in [6.07, 6.45) is 1.42. The minimum absolute atomic E-state index is 0.0284. The number of aromatic amines is 1. The molecule has 0 atom stereocenters. The molecule has 0 unspecified atom stereocenters. The van der Waals surface area contributed by atoms with Gasteiger partial charge in [-0.3, -0.25) is 19.4 Å². The third-order valence-electron chi connectivity index (χ3n) is 5.77. The van der Waals surface area contributed by atoms with Gasteiger partial charge in [-0.1, -0.05) is 30.3 Å². The number of thiophene rings is 1. The lowest BCUT2D eigenvalue weighted by molar-refractivity contribution is -0.121.